The second-order valence-corrected chi connectivity index (χ2v) is 6.31. The Labute approximate surface area is 131 Å². The van der Waals surface area contributed by atoms with E-state index in [4.69, 9.17) is 5.11 Å². The van der Waals surface area contributed by atoms with E-state index in [1.165, 1.54) is 12.8 Å². The van der Waals surface area contributed by atoms with Gasteiger partial charge in [-0.25, -0.2) is 0 Å². The minimum Gasteiger partial charge on any atom is -0.481 e. The Morgan fingerprint density at radius 3 is 2.90 bits per heavy atom. The van der Waals surface area contributed by atoms with Crippen LogP contribution in [0.2, 0.25) is 0 Å². The molecule has 0 atom stereocenters. The van der Waals surface area contributed by atoms with Gasteiger partial charge in [0.05, 0.1) is 11.9 Å². The monoisotopic (exact) mass is 348 g/mol. The third-order valence-corrected chi connectivity index (χ3v) is 4.54. The van der Waals surface area contributed by atoms with E-state index in [0.717, 1.165) is 27.5 Å². The maximum absolute atomic E-state index is 10.8. The first kappa shape index (κ1) is 14.5. The number of aromatic nitrogens is 1. The summed E-state index contributed by atoms with van der Waals surface area (Å²) in [5, 5.41) is 9.99. The first-order chi connectivity index (χ1) is 10.1. The van der Waals surface area contributed by atoms with Gasteiger partial charge in [0, 0.05) is 35.2 Å². The molecule has 0 radical (unpaired) electrons. The number of rotatable bonds is 6. The fourth-order valence-electron chi connectivity index (χ4n) is 2.61. The SMILES string of the molecule is O=C(O)CCN(Cc1ccc(Br)c2cccnc12)C1CC1. The van der Waals surface area contributed by atoms with Gasteiger partial charge in [-0.05, 0) is 30.5 Å². The van der Waals surface area contributed by atoms with Crippen molar-refractivity contribution in [2.75, 3.05) is 6.54 Å². The van der Waals surface area contributed by atoms with Crippen molar-refractivity contribution in [1.29, 1.82) is 0 Å². The number of hydrogen-bond donors (Lipinski definition) is 1. The van der Waals surface area contributed by atoms with Crippen LogP contribution in [0.5, 0.6) is 0 Å². The number of aliphatic carboxylic acids is 1. The van der Waals surface area contributed by atoms with E-state index in [1.807, 2.05) is 12.1 Å². The summed E-state index contributed by atoms with van der Waals surface area (Å²) in [7, 11) is 0. The molecular formula is C16H17BrN2O2. The van der Waals surface area contributed by atoms with Gasteiger partial charge in [-0.15, -0.1) is 0 Å². The van der Waals surface area contributed by atoms with Crippen molar-refractivity contribution >= 4 is 32.8 Å². The molecule has 0 unspecified atom stereocenters. The Kier molecular flexibility index (Phi) is 4.22. The third-order valence-electron chi connectivity index (χ3n) is 3.85. The zero-order valence-electron chi connectivity index (χ0n) is 11.6. The van der Waals surface area contributed by atoms with Crippen LogP contribution in [0.4, 0.5) is 0 Å². The smallest absolute Gasteiger partial charge is 0.304 e. The van der Waals surface area contributed by atoms with Gasteiger partial charge >= 0.3 is 5.97 Å². The number of carboxylic acids is 1. The highest BCUT2D eigenvalue weighted by Gasteiger charge is 2.29. The van der Waals surface area contributed by atoms with Crippen LogP contribution in [-0.4, -0.2) is 33.5 Å². The maximum Gasteiger partial charge on any atom is 0.304 e. The highest BCUT2D eigenvalue weighted by molar-refractivity contribution is 9.10. The lowest BCUT2D eigenvalue weighted by atomic mass is 10.1. The molecule has 0 amide bonds. The van der Waals surface area contributed by atoms with Crippen molar-refractivity contribution in [1.82, 2.24) is 9.88 Å². The van der Waals surface area contributed by atoms with Crippen molar-refractivity contribution in [2.24, 2.45) is 0 Å². The Morgan fingerprint density at radius 1 is 1.38 bits per heavy atom. The number of pyridine rings is 1. The molecule has 0 spiro atoms. The number of fused-ring (bicyclic) bond motifs is 1. The summed E-state index contributed by atoms with van der Waals surface area (Å²) < 4.78 is 1.04. The highest BCUT2D eigenvalue weighted by atomic mass is 79.9. The molecule has 5 heteroatoms. The van der Waals surface area contributed by atoms with Gasteiger partial charge in [0.2, 0.25) is 0 Å². The van der Waals surface area contributed by atoms with E-state index in [2.05, 4.69) is 37.9 Å². The van der Waals surface area contributed by atoms with Crippen LogP contribution in [0.3, 0.4) is 0 Å². The first-order valence-corrected chi connectivity index (χ1v) is 7.92. The van der Waals surface area contributed by atoms with Crippen LogP contribution in [0, 0.1) is 0 Å². The molecule has 1 fully saturated rings. The molecule has 3 rings (SSSR count). The third kappa shape index (κ3) is 3.41. The van der Waals surface area contributed by atoms with Gasteiger partial charge in [-0.2, -0.15) is 0 Å². The van der Waals surface area contributed by atoms with Crippen molar-refractivity contribution < 1.29 is 9.90 Å². The Balaban J connectivity index is 1.85. The van der Waals surface area contributed by atoms with E-state index in [1.54, 1.807) is 6.20 Å². The van der Waals surface area contributed by atoms with Crippen LogP contribution in [-0.2, 0) is 11.3 Å². The molecule has 1 heterocycles. The second kappa shape index (κ2) is 6.12. The van der Waals surface area contributed by atoms with Crippen LogP contribution in [0.15, 0.2) is 34.9 Å². The fraction of sp³-hybridized carbons (Fsp3) is 0.375. The average molecular weight is 349 g/mol. The Bertz CT molecular complexity index is 670. The summed E-state index contributed by atoms with van der Waals surface area (Å²) in [4.78, 5) is 17.6. The van der Waals surface area contributed by atoms with Crippen LogP contribution < -0.4 is 0 Å². The molecule has 110 valence electrons. The van der Waals surface area contributed by atoms with Gasteiger partial charge in [-0.1, -0.05) is 28.1 Å². The number of benzene rings is 1. The first-order valence-electron chi connectivity index (χ1n) is 7.13. The minimum atomic E-state index is -0.737. The van der Waals surface area contributed by atoms with Crippen molar-refractivity contribution in [2.45, 2.75) is 31.8 Å². The molecule has 1 saturated carbocycles. The number of nitrogens with zero attached hydrogens (tertiary/aromatic N) is 2. The summed E-state index contributed by atoms with van der Waals surface area (Å²) in [5.41, 5.74) is 2.15. The second-order valence-electron chi connectivity index (χ2n) is 5.45. The number of halogens is 1. The lowest BCUT2D eigenvalue weighted by Gasteiger charge is -2.22. The van der Waals surface area contributed by atoms with Crippen molar-refractivity contribution in [3.63, 3.8) is 0 Å². The lowest BCUT2D eigenvalue weighted by Crippen LogP contribution is -2.28. The zero-order chi connectivity index (χ0) is 14.8. The van der Waals surface area contributed by atoms with E-state index in [-0.39, 0.29) is 6.42 Å². The molecule has 0 saturated heterocycles. The van der Waals surface area contributed by atoms with Gasteiger partial charge in [0.1, 0.15) is 0 Å². The maximum atomic E-state index is 10.8. The number of carbonyl (C=O) groups is 1. The van der Waals surface area contributed by atoms with Gasteiger partial charge in [-0.3, -0.25) is 14.7 Å². The highest BCUT2D eigenvalue weighted by Crippen LogP contribution is 2.31. The van der Waals surface area contributed by atoms with Crippen molar-refractivity contribution in [3.05, 3.63) is 40.5 Å². The molecule has 1 aromatic heterocycles. The van der Waals surface area contributed by atoms with Gasteiger partial charge in [0.15, 0.2) is 0 Å². The predicted molar refractivity (Wildman–Crippen MR) is 85.1 cm³/mol. The van der Waals surface area contributed by atoms with Crippen LogP contribution >= 0.6 is 15.9 Å². The number of carboxylic acid groups (broad SMARTS) is 1. The molecule has 21 heavy (non-hydrogen) atoms. The standard InChI is InChI=1S/C16H17BrN2O2/c17-14-6-3-11(16-13(14)2-1-8-18-16)10-19(12-4-5-12)9-7-15(20)21/h1-3,6,8,12H,4-5,7,9-10H2,(H,20,21). The summed E-state index contributed by atoms with van der Waals surface area (Å²) in [6, 6.07) is 8.64. The summed E-state index contributed by atoms with van der Waals surface area (Å²) in [5.74, 6) is -0.737. The van der Waals surface area contributed by atoms with Crippen LogP contribution in [0.25, 0.3) is 10.9 Å². The van der Waals surface area contributed by atoms with E-state index in [9.17, 15) is 4.79 Å². The molecular weight excluding hydrogens is 332 g/mol. The van der Waals surface area contributed by atoms with Crippen LogP contribution in [0.1, 0.15) is 24.8 Å². The normalized spacial score (nSPS) is 14.8. The van der Waals surface area contributed by atoms with Gasteiger partial charge in [0.25, 0.3) is 0 Å². The average Bonchev–Trinajstić information content (AvgIpc) is 3.30. The summed E-state index contributed by atoms with van der Waals surface area (Å²) in [6.07, 6.45) is 4.33. The largest absolute Gasteiger partial charge is 0.481 e. The van der Waals surface area contributed by atoms with Crippen molar-refractivity contribution in [3.8, 4) is 0 Å². The molecule has 1 aromatic carbocycles. The molecule has 1 aliphatic carbocycles. The summed E-state index contributed by atoms with van der Waals surface area (Å²) in [6.45, 7) is 1.36. The molecule has 0 aliphatic heterocycles. The quantitative estimate of drug-likeness (QED) is 0.868. The zero-order valence-corrected chi connectivity index (χ0v) is 13.2. The lowest BCUT2D eigenvalue weighted by molar-refractivity contribution is -0.137. The van der Waals surface area contributed by atoms with E-state index < -0.39 is 5.97 Å². The van der Waals surface area contributed by atoms with Gasteiger partial charge < -0.3 is 5.11 Å². The topological polar surface area (TPSA) is 53.4 Å². The molecule has 2 aromatic rings. The Hall–Kier alpha value is -1.46. The molecule has 1 aliphatic rings. The molecule has 1 N–H and O–H groups in total. The fourth-order valence-corrected chi connectivity index (χ4v) is 3.06. The van der Waals surface area contributed by atoms with E-state index in [0.29, 0.717) is 12.6 Å². The minimum absolute atomic E-state index is 0.193. The Morgan fingerprint density at radius 2 is 2.19 bits per heavy atom. The molecule has 4 nitrogen and oxygen atoms in total. The van der Waals surface area contributed by atoms with E-state index >= 15 is 0 Å². The predicted octanol–water partition coefficient (Wildman–Crippen LogP) is 3.44. The summed E-state index contributed by atoms with van der Waals surface area (Å²) >= 11 is 3.56. The number of hydrogen-bond acceptors (Lipinski definition) is 3. The molecule has 0 bridgehead atoms.